The molecule has 9 nitrogen and oxygen atoms in total. The zero-order chi connectivity index (χ0) is 30.4. The molecule has 4 aromatic rings. The Labute approximate surface area is 258 Å². The van der Waals surface area contributed by atoms with E-state index in [1.807, 2.05) is 30.0 Å². The van der Waals surface area contributed by atoms with Crippen LogP contribution in [0.15, 0.2) is 66.7 Å². The molecular formula is C32H39N5O4S2. The van der Waals surface area contributed by atoms with E-state index in [2.05, 4.69) is 50.5 Å². The highest BCUT2D eigenvalue weighted by Crippen LogP contribution is 2.28. The Morgan fingerprint density at radius 3 is 2.37 bits per heavy atom. The summed E-state index contributed by atoms with van der Waals surface area (Å²) in [6.45, 7) is 7.51. The van der Waals surface area contributed by atoms with Crippen LogP contribution < -0.4 is 19.7 Å². The summed E-state index contributed by atoms with van der Waals surface area (Å²) in [6, 6.07) is 21.1. The number of aryl methyl sites for hydroxylation is 1. The van der Waals surface area contributed by atoms with E-state index in [4.69, 9.17) is 4.74 Å². The van der Waals surface area contributed by atoms with Crippen molar-refractivity contribution in [1.29, 1.82) is 0 Å². The van der Waals surface area contributed by atoms with Gasteiger partial charge in [0.2, 0.25) is 10.0 Å². The molecule has 1 aromatic heterocycles. The Morgan fingerprint density at radius 1 is 1.05 bits per heavy atom. The molecule has 1 aliphatic rings. The fraction of sp³-hybridized carbons (Fsp3) is 0.375. The Kier molecular flexibility index (Phi) is 9.84. The number of hydrogen-bond donors (Lipinski definition) is 2. The fourth-order valence-electron chi connectivity index (χ4n) is 5.23. The number of benzene rings is 3. The molecule has 2 heterocycles. The van der Waals surface area contributed by atoms with Gasteiger partial charge >= 0.3 is 6.03 Å². The molecule has 228 valence electrons. The first kappa shape index (κ1) is 30.8. The topological polar surface area (TPSA) is 104 Å². The minimum Gasteiger partial charge on any atom is -0.457 e. The third-order valence-corrected chi connectivity index (χ3v) is 9.09. The highest BCUT2D eigenvalue weighted by atomic mass is 32.2. The van der Waals surface area contributed by atoms with Crippen molar-refractivity contribution in [2.24, 2.45) is 0 Å². The van der Waals surface area contributed by atoms with Crippen LogP contribution in [0.25, 0.3) is 10.1 Å². The van der Waals surface area contributed by atoms with Crippen LogP contribution in [0.5, 0.6) is 11.5 Å². The van der Waals surface area contributed by atoms with Crippen LogP contribution in [0.1, 0.15) is 43.9 Å². The molecule has 11 heteroatoms. The minimum atomic E-state index is -3.31. The van der Waals surface area contributed by atoms with Gasteiger partial charge in [-0.1, -0.05) is 25.5 Å². The number of amides is 2. The number of carbonyl (C=O) groups excluding carboxylic acids is 1. The number of unbranched alkanes of at least 4 members (excludes halogenated alkanes) is 1. The van der Waals surface area contributed by atoms with E-state index < -0.39 is 10.0 Å². The van der Waals surface area contributed by atoms with Crippen molar-refractivity contribution >= 4 is 49.0 Å². The Bertz CT molecular complexity index is 1630. The van der Waals surface area contributed by atoms with E-state index in [-0.39, 0.29) is 12.1 Å². The number of hydrogen-bond acceptors (Lipinski definition) is 7. The molecule has 1 aliphatic heterocycles. The number of piperidine rings is 1. The number of anilines is 2. The lowest BCUT2D eigenvalue weighted by atomic mass is 10.0. The van der Waals surface area contributed by atoms with Crippen LogP contribution in [0, 0.1) is 6.92 Å². The number of nitrogens with one attached hydrogen (secondary N) is 2. The predicted octanol–water partition coefficient (Wildman–Crippen LogP) is 6.75. The minimum absolute atomic E-state index is 0.0241. The maximum Gasteiger partial charge on any atom is 0.322 e. The first-order valence-corrected chi connectivity index (χ1v) is 17.3. The number of rotatable bonds is 11. The van der Waals surface area contributed by atoms with Crippen molar-refractivity contribution in [2.45, 2.75) is 52.1 Å². The third-order valence-electron chi connectivity index (χ3n) is 7.56. The van der Waals surface area contributed by atoms with Crippen LogP contribution >= 0.6 is 11.5 Å². The van der Waals surface area contributed by atoms with Crippen molar-refractivity contribution in [1.82, 2.24) is 14.6 Å². The first-order chi connectivity index (χ1) is 20.7. The molecule has 2 N–H and O–H groups in total. The number of urea groups is 1. The van der Waals surface area contributed by atoms with Crippen molar-refractivity contribution in [3.8, 4) is 11.5 Å². The third kappa shape index (κ3) is 8.46. The lowest BCUT2D eigenvalue weighted by Gasteiger charge is -2.34. The molecule has 0 aliphatic carbocycles. The molecule has 2 amide bonds. The summed E-state index contributed by atoms with van der Waals surface area (Å²) >= 11 is 1.49. The van der Waals surface area contributed by atoms with Crippen LogP contribution in [-0.4, -0.2) is 55.7 Å². The average Bonchev–Trinajstić information content (AvgIpc) is 3.35. The molecule has 5 rings (SSSR count). The number of fused-ring (bicyclic) bond motifs is 1. The molecule has 1 saturated heterocycles. The number of likely N-dealkylation sites (tertiary alicyclic amines) is 1. The largest absolute Gasteiger partial charge is 0.457 e. The molecule has 0 bridgehead atoms. The Morgan fingerprint density at radius 2 is 1.72 bits per heavy atom. The molecule has 0 saturated carbocycles. The van der Waals surface area contributed by atoms with Gasteiger partial charge in [0, 0.05) is 49.0 Å². The summed E-state index contributed by atoms with van der Waals surface area (Å²) < 4.78 is 36.7. The summed E-state index contributed by atoms with van der Waals surface area (Å²) in [4.78, 5) is 17.7. The summed E-state index contributed by atoms with van der Waals surface area (Å²) in [5.41, 5.74) is 3.61. The van der Waals surface area contributed by atoms with Crippen LogP contribution in [0.2, 0.25) is 0 Å². The van der Waals surface area contributed by atoms with Gasteiger partial charge in [-0.3, -0.25) is 14.5 Å². The van der Waals surface area contributed by atoms with Crippen molar-refractivity contribution < 1.29 is 17.9 Å². The molecule has 3 aromatic carbocycles. The normalized spacial score (nSPS) is 14.5. The van der Waals surface area contributed by atoms with Crippen molar-refractivity contribution in [2.75, 3.05) is 35.5 Å². The van der Waals surface area contributed by atoms with E-state index in [0.29, 0.717) is 23.7 Å². The fourth-order valence-corrected chi connectivity index (χ4v) is 6.56. The first-order valence-electron chi connectivity index (χ1n) is 14.7. The van der Waals surface area contributed by atoms with E-state index >= 15 is 0 Å². The van der Waals surface area contributed by atoms with Gasteiger partial charge in [-0.25, -0.2) is 13.2 Å². The lowest BCUT2D eigenvalue weighted by molar-refractivity contribution is 0.188. The lowest BCUT2D eigenvalue weighted by Crippen LogP contribution is -2.49. The van der Waals surface area contributed by atoms with Crippen LogP contribution in [0.3, 0.4) is 0 Å². The van der Waals surface area contributed by atoms with E-state index in [1.54, 1.807) is 24.3 Å². The van der Waals surface area contributed by atoms with Gasteiger partial charge in [0.05, 0.1) is 16.6 Å². The molecule has 0 atom stereocenters. The van der Waals surface area contributed by atoms with Crippen LogP contribution in [0.4, 0.5) is 16.2 Å². The van der Waals surface area contributed by atoms with Gasteiger partial charge < -0.3 is 10.1 Å². The maximum atomic E-state index is 13.4. The number of ether oxygens (including phenoxy) is 1. The maximum absolute atomic E-state index is 13.4. The molecule has 1 fully saturated rings. The SMILES string of the molecule is CCCCN(C(=O)NC1CCN(Cc2ccc(Oc3ccc(NS(C)(=O)=O)cc3)cc2)CC1)c1ccc2snc(C)c2c1. The molecule has 0 unspecified atom stereocenters. The molecule has 43 heavy (non-hydrogen) atoms. The highest BCUT2D eigenvalue weighted by Gasteiger charge is 2.24. The second-order valence-electron chi connectivity index (χ2n) is 11.1. The van der Waals surface area contributed by atoms with Crippen LogP contribution in [-0.2, 0) is 16.6 Å². The summed E-state index contributed by atoms with van der Waals surface area (Å²) in [7, 11) is -3.31. The quantitative estimate of drug-likeness (QED) is 0.192. The Balaban J connectivity index is 1.11. The number of sulfonamides is 1. The molecule has 0 spiro atoms. The van der Waals surface area contributed by atoms with Gasteiger partial charge in [0.25, 0.3) is 0 Å². The zero-order valence-electron chi connectivity index (χ0n) is 24.9. The highest BCUT2D eigenvalue weighted by molar-refractivity contribution is 7.92. The van der Waals surface area contributed by atoms with Gasteiger partial charge in [0.1, 0.15) is 11.5 Å². The van der Waals surface area contributed by atoms with Crippen molar-refractivity contribution in [3.05, 3.63) is 78.0 Å². The Hall–Kier alpha value is -3.67. The predicted molar refractivity (Wildman–Crippen MR) is 175 cm³/mol. The van der Waals surface area contributed by atoms with E-state index in [9.17, 15) is 13.2 Å². The number of carbonyl (C=O) groups is 1. The summed E-state index contributed by atoms with van der Waals surface area (Å²) in [5.74, 6) is 1.34. The number of nitrogens with zero attached hydrogens (tertiary/aromatic N) is 3. The molecule has 0 radical (unpaired) electrons. The van der Waals surface area contributed by atoms with Gasteiger partial charge in [-0.2, -0.15) is 4.37 Å². The second-order valence-corrected chi connectivity index (χ2v) is 13.7. The average molecular weight is 622 g/mol. The standard InChI is InChI=1S/C32H39N5O4S2/c1-4-5-18-37(27-10-15-31-30(21-27)23(2)34-42-31)32(38)33-25-16-19-36(20-17-25)22-24-6-11-28(12-7-24)41-29-13-8-26(9-14-29)35-43(3,39)40/h6-15,21,25,35H,4-5,16-20,22H2,1-3H3,(H,33,38). The van der Waals surface area contributed by atoms with Gasteiger partial charge in [-0.05, 0) is 97.9 Å². The van der Waals surface area contributed by atoms with Gasteiger partial charge in [0.15, 0.2) is 0 Å². The molecular weight excluding hydrogens is 583 g/mol. The van der Waals surface area contributed by atoms with E-state index in [0.717, 1.165) is 73.0 Å². The summed E-state index contributed by atoms with van der Waals surface area (Å²) in [5, 5.41) is 4.42. The van der Waals surface area contributed by atoms with Gasteiger partial charge in [-0.15, -0.1) is 0 Å². The number of aromatic nitrogens is 1. The zero-order valence-corrected chi connectivity index (χ0v) is 26.5. The smallest absolute Gasteiger partial charge is 0.322 e. The van der Waals surface area contributed by atoms with Crippen molar-refractivity contribution in [3.63, 3.8) is 0 Å². The second kappa shape index (κ2) is 13.7. The summed E-state index contributed by atoms with van der Waals surface area (Å²) in [6.07, 6.45) is 4.91. The monoisotopic (exact) mass is 621 g/mol. The van der Waals surface area contributed by atoms with E-state index in [1.165, 1.54) is 17.1 Å².